The van der Waals surface area contributed by atoms with E-state index in [9.17, 15) is 4.39 Å². The molecule has 0 fully saturated rings. The molecule has 2 N–H and O–H groups in total. The second kappa shape index (κ2) is 3.65. The molecule has 4 heteroatoms. The van der Waals surface area contributed by atoms with Crippen molar-refractivity contribution >= 4 is 11.6 Å². The van der Waals surface area contributed by atoms with Crippen molar-refractivity contribution in [2.45, 2.75) is 6.04 Å². The van der Waals surface area contributed by atoms with Crippen LogP contribution in [0.1, 0.15) is 11.6 Å². The second-order valence-electron chi connectivity index (χ2n) is 2.30. The number of aromatic nitrogens is 1. The Hall–Kier alpha value is -0.930. The Morgan fingerprint density at radius 2 is 2.42 bits per heavy atom. The summed E-state index contributed by atoms with van der Waals surface area (Å²) < 4.78 is 12.6. The summed E-state index contributed by atoms with van der Waals surface area (Å²) in [6, 6.07) is 0.780. The van der Waals surface area contributed by atoms with Crippen LogP contribution >= 0.6 is 11.6 Å². The first kappa shape index (κ1) is 9.16. The zero-order chi connectivity index (χ0) is 9.14. The van der Waals surface area contributed by atoms with E-state index in [0.717, 1.165) is 6.20 Å². The van der Waals surface area contributed by atoms with Crippen LogP contribution < -0.4 is 5.73 Å². The van der Waals surface area contributed by atoms with Gasteiger partial charge >= 0.3 is 0 Å². The molecule has 0 aromatic carbocycles. The zero-order valence-electron chi connectivity index (χ0n) is 6.30. The van der Waals surface area contributed by atoms with Gasteiger partial charge in [-0.25, -0.2) is 9.37 Å². The number of nitrogens with two attached hydrogens (primary N) is 1. The Balaban J connectivity index is 3.12. The van der Waals surface area contributed by atoms with Crippen molar-refractivity contribution in [1.82, 2.24) is 4.98 Å². The fraction of sp³-hybridized carbons (Fsp3) is 0.125. The maximum atomic E-state index is 12.6. The molecule has 1 atom stereocenters. The molecule has 0 bridgehead atoms. The van der Waals surface area contributed by atoms with E-state index in [1.807, 2.05) is 0 Å². The van der Waals surface area contributed by atoms with Crippen LogP contribution in [0.4, 0.5) is 4.39 Å². The summed E-state index contributed by atoms with van der Waals surface area (Å²) in [5.41, 5.74) is 6.01. The minimum atomic E-state index is -0.472. The highest BCUT2D eigenvalue weighted by molar-refractivity contribution is 6.30. The summed E-state index contributed by atoms with van der Waals surface area (Å²) in [7, 11) is 0. The number of pyridine rings is 1. The Kier molecular flexibility index (Phi) is 2.78. The minimum absolute atomic E-state index is 0.212. The molecule has 2 nitrogen and oxygen atoms in total. The number of rotatable bonds is 2. The van der Waals surface area contributed by atoms with E-state index < -0.39 is 11.9 Å². The highest BCUT2D eigenvalue weighted by Gasteiger charge is 2.08. The van der Waals surface area contributed by atoms with Gasteiger partial charge in [0.2, 0.25) is 0 Å². The minimum Gasteiger partial charge on any atom is -0.321 e. The second-order valence-corrected chi connectivity index (χ2v) is 2.65. The van der Waals surface area contributed by atoms with Gasteiger partial charge in [-0.2, -0.15) is 0 Å². The standard InChI is InChI=1S/C8H8ClFN2/c1-2-7(11)6-3-5(10)4-12-8(6)9/h2-4,7H,1,11H2. The monoisotopic (exact) mass is 186 g/mol. The third kappa shape index (κ3) is 1.81. The lowest BCUT2D eigenvalue weighted by atomic mass is 10.1. The molecule has 0 spiro atoms. The molecule has 0 aliphatic rings. The highest BCUT2D eigenvalue weighted by Crippen LogP contribution is 2.20. The van der Waals surface area contributed by atoms with Gasteiger partial charge in [-0.05, 0) is 6.07 Å². The van der Waals surface area contributed by atoms with Crippen molar-refractivity contribution in [1.29, 1.82) is 0 Å². The van der Waals surface area contributed by atoms with Crippen molar-refractivity contribution in [2.24, 2.45) is 5.73 Å². The van der Waals surface area contributed by atoms with Crippen LogP contribution in [0, 0.1) is 5.82 Å². The van der Waals surface area contributed by atoms with Crippen LogP contribution in [0.5, 0.6) is 0 Å². The van der Waals surface area contributed by atoms with Crippen molar-refractivity contribution in [3.63, 3.8) is 0 Å². The first-order chi connectivity index (χ1) is 5.65. The lowest BCUT2D eigenvalue weighted by molar-refractivity contribution is 0.617. The van der Waals surface area contributed by atoms with E-state index in [1.54, 1.807) is 0 Å². The number of nitrogens with zero attached hydrogens (tertiary/aromatic N) is 1. The fourth-order valence-corrected chi connectivity index (χ4v) is 1.03. The van der Waals surface area contributed by atoms with Crippen LogP contribution in [0.25, 0.3) is 0 Å². The van der Waals surface area contributed by atoms with Gasteiger partial charge in [0.15, 0.2) is 0 Å². The molecule has 0 aliphatic heterocycles. The molecule has 1 aromatic rings. The highest BCUT2D eigenvalue weighted by atomic mass is 35.5. The Bertz CT molecular complexity index is 301. The predicted molar refractivity (Wildman–Crippen MR) is 46.3 cm³/mol. The Morgan fingerprint density at radius 1 is 1.75 bits per heavy atom. The molecule has 0 saturated carbocycles. The summed E-state index contributed by atoms with van der Waals surface area (Å²) in [6.07, 6.45) is 2.52. The van der Waals surface area contributed by atoms with Crippen LogP contribution in [-0.2, 0) is 0 Å². The SMILES string of the molecule is C=CC(N)c1cc(F)cnc1Cl. The van der Waals surface area contributed by atoms with Crippen molar-refractivity contribution in [2.75, 3.05) is 0 Å². The zero-order valence-corrected chi connectivity index (χ0v) is 7.05. The third-order valence-corrected chi connectivity index (χ3v) is 1.76. The van der Waals surface area contributed by atoms with Crippen LogP contribution in [0.3, 0.4) is 0 Å². The van der Waals surface area contributed by atoms with Crippen molar-refractivity contribution in [3.8, 4) is 0 Å². The maximum Gasteiger partial charge on any atom is 0.141 e. The summed E-state index contributed by atoms with van der Waals surface area (Å²) >= 11 is 5.66. The average molecular weight is 187 g/mol. The fourth-order valence-electron chi connectivity index (χ4n) is 0.799. The molecule has 0 saturated heterocycles. The summed E-state index contributed by atoms with van der Waals surface area (Å²) in [5, 5.41) is 0.212. The molecule has 1 unspecified atom stereocenters. The topological polar surface area (TPSA) is 38.9 Å². The normalized spacial score (nSPS) is 12.6. The Labute approximate surface area is 74.9 Å². The first-order valence-corrected chi connectivity index (χ1v) is 3.72. The number of halogens is 2. The van der Waals surface area contributed by atoms with E-state index in [2.05, 4.69) is 11.6 Å². The van der Waals surface area contributed by atoms with Gasteiger partial charge in [-0.3, -0.25) is 0 Å². The molecule has 1 heterocycles. The van der Waals surface area contributed by atoms with Gasteiger partial charge in [-0.15, -0.1) is 6.58 Å². The molecule has 1 aromatic heterocycles. The summed E-state index contributed by atoms with van der Waals surface area (Å²) in [5.74, 6) is -0.452. The molecule has 0 radical (unpaired) electrons. The first-order valence-electron chi connectivity index (χ1n) is 3.34. The van der Waals surface area contributed by atoms with E-state index in [0.29, 0.717) is 5.56 Å². The average Bonchev–Trinajstić information content (AvgIpc) is 2.08. The quantitative estimate of drug-likeness (QED) is 0.567. The van der Waals surface area contributed by atoms with Gasteiger partial charge in [0.05, 0.1) is 12.2 Å². The van der Waals surface area contributed by atoms with Crippen LogP contribution in [0.2, 0.25) is 5.15 Å². The van der Waals surface area contributed by atoms with Crippen LogP contribution in [0.15, 0.2) is 24.9 Å². The number of hydrogen-bond donors (Lipinski definition) is 1. The van der Waals surface area contributed by atoms with Crippen molar-refractivity contribution in [3.05, 3.63) is 41.5 Å². The van der Waals surface area contributed by atoms with Gasteiger partial charge in [-0.1, -0.05) is 17.7 Å². The van der Waals surface area contributed by atoms with Gasteiger partial charge in [0, 0.05) is 5.56 Å². The lowest BCUT2D eigenvalue weighted by Crippen LogP contribution is -2.08. The Morgan fingerprint density at radius 3 is 3.00 bits per heavy atom. The van der Waals surface area contributed by atoms with Crippen molar-refractivity contribution < 1.29 is 4.39 Å². The van der Waals surface area contributed by atoms with Gasteiger partial charge < -0.3 is 5.73 Å². The number of hydrogen-bond acceptors (Lipinski definition) is 2. The molecule has 64 valence electrons. The lowest BCUT2D eigenvalue weighted by Gasteiger charge is -2.07. The van der Waals surface area contributed by atoms with Crippen LogP contribution in [-0.4, -0.2) is 4.98 Å². The molecular weight excluding hydrogens is 179 g/mol. The molecule has 1 rings (SSSR count). The molecule has 0 aliphatic carbocycles. The predicted octanol–water partition coefficient (Wildman–Crippen LogP) is 2.06. The van der Waals surface area contributed by atoms with E-state index >= 15 is 0 Å². The molecule has 0 amide bonds. The molecular formula is C8H8ClFN2. The van der Waals surface area contributed by atoms with E-state index in [-0.39, 0.29) is 5.15 Å². The van der Waals surface area contributed by atoms with Gasteiger partial charge in [0.25, 0.3) is 0 Å². The van der Waals surface area contributed by atoms with Gasteiger partial charge in [0.1, 0.15) is 11.0 Å². The summed E-state index contributed by atoms with van der Waals surface area (Å²) in [4.78, 5) is 3.61. The summed E-state index contributed by atoms with van der Waals surface area (Å²) in [6.45, 7) is 3.47. The van der Waals surface area contributed by atoms with E-state index in [4.69, 9.17) is 17.3 Å². The maximum absolute atomic E-state index is 12.6. The largest absolute Gasteiger partial charge is 0.321 e. The molecule has 12 heavy (non-hydrogen) atoms. The third-order valence-electron chi connectivity index (χ3n) is 1.45. The smallest absolute Gasteiger partial charge is 0.141 e. The van der Waals surface area contributed by atoms with E-state index in [1.165, 1.54) is 12.1 Å².